The Balaban J connectivity index is 1.79. The molecule has 3 fully saturated rings. The van der Waals surface area contributed by atoms with E-state index in [1.165, 1.54) is 24.0 Å². The quantitative estimate of drug-likeness (QED) is 0.762. The van der Waals surface area contributed by atoms with Gasteiger partial charge in [0, 0.05) is 5.41 Å². The second kappa shape index (κ2) is 5.55. The normalized spacial score (nSPS) is 47.8. The third kappa shape index (κ3) is 2.73. The fraction of sp³-hybridized carbons (Fsp3) is 0.789. The van der Waals surface area contributed by atoms with E-state index in [0.29, 0.717) is 5.92 Å². The molecule has 0 heterocycles. The van der Waals surface area contributed by atoms with Gasteiger partial charge in [-0.05, 0) is 70.6 Å². The fourth-order valence-corrected chi connectivity index (χ4v) is 4.92. The van der Waals surface area contributed by atoms with Crippen molar-refractivity contribution < 1.29 is 10.2 Å². The van der Waals surface area contributed by atoms with Crippen LogP contribution >= 0.6 is 0 Å². The van der Waals surface area contributed by atoms with Crippen molar-refractivity contribution >= 4 is 0 Å². The second-order valence-corrected chi connectivity index (χ2v) is 7.95. The van der Waals surface area contributed by atoms with Crippen LogP contribution in [0.3, 0.4) is 0 Å². The molecule has 0 aromatic carbocycles. The second-order valence-electron chi connectivity index (χ2n) is 7.95. The first-order valence-corrected chi connectivity index (χ1v) is 8.71. The summed E-state index contributed by atoms with van der Waals surface area (Å²) in [6, 6.07) is 0. The molecule has 0 aromatic heterocycles. The van der Waals surface area contributed by atoms with Crippen LogP contribution in [0, 0.1) is 11.3 Å². The lowest BCUT2D eigenvalue weighted by Crippen LogP contribution is -2.44. The first kappa shape index (κ1) is 15.3. The summed E-state index contributed by atoms with van der Waals surface area (Å²) in [5.74, 6) is 0.548. The molecule has 0 amide bonds. The highest BCUT2D eigenvalue weighted by Gasteiger charge is 2.55. The first-order valence-electron chi connectivity index (χ1n) is 8.71. The van der Waals surface area contributed by atoms with Gasteiger partial charge in [0.15, 0.2) is 0 Å². The Morgan fingerprint density at radius 2 is 1.86 bits per heavy atom. The van der Waals surface area contributed by atoms with Gasteiger partial charge in [0.2, 0.25) is 0 Å². The smallest absolute Gasteiger partial charge is 0.0679 e. The molecule has 4 atom stereocenters. The van der Waals surface area contributed by atoms with Gasteiger partial charge in [-0.25, -0.2) is 0 Å². The van der Waals surface area contributed by atoms with E-state index >= 15 is 0 Å². The molecule has 2 nitrogen and oxygen atoms in total. The molecule has 3 aliphatic carbocycles. The topological polar surface area (TPSA) is 40.5 Å². The number of allylic oxidation sites excluding steroid dienone is 3. The molecule has 3 aliphatic rings. The van der Waals surface area contributed by atoms with Crippen molar-refractivity contribution in [3.63, 3.8) is 0 Å². The third-order valence-corrected chi connectivity index (χ3v) is 6.59. The van der Waals surface area contributed by atoms with Crippen LogP contribution in [0.4, 0.5) is 0 Å². The largest absolute Gasteiger partial charge is 0.393 e. The fourth-order valence-electron chi connectivity index (χ4n) is 4.92. The summed E-state index contributed by atoms with van der Waals surface area (Å²) >= 11 is 0. The number of hydrogen-bond acceptors (Lipinski definition) is 2. The average molecular weight is 290 g/mol. The minimum absolute atomic E-state index is 0.0572. The number of hydrogen-bond donors (Lipinski definition) is 2. The predicted molar refractivity (Wildman–Crippen MR) is 85.9 cm³/mol. The van der Waals surface area contributed by atoms with E-state index in [1.807, 2.05) is 6.92 Å². The lowest BCUT2D eigenvalue weighted by atomic mass is 9.62. The van der Waals surface area contributed by atoms with Crippen LogP contribution in [-0.4, -0.2) is 21.9 Å². The van der Waals surface area contributed by atoms with Gasteiger partial charge in [-0.1, -0.05) is 30.2 Å². The molecule has 0 radical (unpaired) electrons. The molecule has 0 aliphatic heterocycles. The molecule has 0 bridgehead atoms. The average Bonchev–Trinajstić information content (AvgIpc) is 2.68. The highest BCUT2D eigenvalue weighted by Crippen LogP contribution is 2.59. The summed E-state index contributed by atoms with van der Waals surface area (Å²) in [5.41, 5.74) is 2.49. The van der Waals surface area contributed by atoms with Crippen molar-refractivity contribution in [2.45, 2.75) is 83.3 Å². The molecule has 3 saturated carbocycles. The Bertz CT molecular complexity index is 460. The summed E-state index contributed by atoms with van der Waals surface area (Å²) < 4.78 is 0. The molecule has 3 rings (SSSR count). The van der Waals surface area contributed by atoms with Crippen molar-refractivity contribution in [3.8, 4) is 0 Å². The highest BCUT2D eigenvalue weighted by molar-refractivity contribution is 5.27. The molecule has 0 aromatic rings. The maximum Gasteiger partial charge on any atom is 0.0679 e. The van der Waals surface area contributed by atoms with E-state index in [9.17, 15) is 10.2 Å². The van der Waals surface area contributed by atoms with Gasteiger partial charge >= 0.3 is 0 Å². The summed E-state index contributed by atoms with van der Waals surface area (Å²) in [7, 11) is 0. The Morgan fingerprint density at radius 3 is 2.62 bits per heavy atom. The van der Waals surface area contributed by atoms with Gasteiger partial charge in [-0.15, -0.1) is 0 Å². The zero-order valence-corrected chi connectivity index (χ0v) is 13.6. The van der Waals surface area contributed by atoms with Gasteiger partial charge in [0.05, 0.1) is 11.7 Å². The zero-order chi connectivity index (χ0) is 15.1. The van der Waals surface area contributed by atoms with E-state index in [2.05, 4.69) is 19.1 Å². The molecule has 0 spiro atoms. The summed E-state index contributed by atoms with van der Waals surface area (Å²) in [6.45, 7) is 4.32. The van der Waals surface area contributed by atoms with Crippen molar-refractivity contribution in [2.75, 3.05) is 0 Å². The van der Waals surface area contributed by atoms with Crippen LogP contribution in [0.5, 0.6) is 0 Å². The van der Waals surface area contributed by atoms with Crippen LogP contribution in [0.25, 0.3) is 0 Å². The van der Waals surface area contributed by atoms with Crippen LogP contribution in [0.15, 0.2) is 23.3 Å². The number of fused-ring (bicyclic) bond motifs is 1. The summed E-state index contributed by atoms with van der Waals surface area (Å²) in [5, 5.41) is 20.5. The van der Waals surface area contributed by atoms with Gasteiger partial charge < -0.3 is 10.2 Å². The molecule has 118 valence electrons. The minimum atomic E-state index is -0.509. The van der Waals surface area contributed by atoms with E-state index < -0.39 is 5.60 Å². The van der Waals surface area contributed by atoms with E-state index in [1.54, 1.807) is 0 Å². The maximum absolute atomic E-state index is 10.7. The lowest BCUT2D eigenvalue weighted by molar-refractivity contribution is -0.0598. The molecular weight excluding hydrogens is 260 g/mol. The third-order valence-electron chi connectivity index (χ3n) is 6.59. The van der Waals surface area contributed by atoms with E-state index in [0.717, 1.165) is 44.9 Å². The number of aliphatic hydroxyl groups is 2. The Kier molecular flexibility index (Phi) is 4.04. The zero-order valence-electron chi connectivity index (χ0n) is 13.6. The molecule has 2 heteroatoms. The van der Waals surface area contributed by atoms with Gasteiger partial charge in [-0.2, -0.15) is 0 Å². The Morgan fingerprint density at radius 1 is 1.05 bits per heavy atom. The minimum Gasteiger partial charge on any atom is -0.393 e. The van der Waals surface area contributed by atoms with E-state index in [-0.39, 0.29) is 11.5 Å². The standard InChI is InChI=1S/C19H30O2/c1-18-11-4-6-15(17(18)10-12-19(18,2)21)9-8-14-5-3-7-16(20)13-14/h8-9,16-17,20-21H,3-7,10-13H2,1-2H3/b14-8+,15-9+/t16-,17?,18+,19?/m1/s1. The van der Waals surface area contributed by atoms with Crippen molar-refractivity contribution in [1.29, 1.82) is 0 Å². The Hall–Kier alpha value is -0.600. The van der Waals surface area contributed by atoms with Crippen molar-refractivity contribution in [2.24, 2.45) is 11.3 Å². The van der Waals surface area contributed by atoms with Crippen molar-refractivity contribution in [3.05, 3.63) is 23.3 Å². The highest BCUT2D eigenvalue weighted by atomic mass is 16.3. The SMILES string of the molecule is CC1(O)CCC2/C(=C/C=C3\CCC[C@@H](O)C3)CCC[C@@]21C. The monoisotopic (exact) mass is 290 g/mol. The van der Waals surface area contributed by atoms with E-state index in [4.69, 9.17) is 0 Å². The molecular formula is C19H30O2. The predicted octanol–water partition coefficient (Wildman–Crippen LogP) is 4.13. The van der Waals surface area contributed by atoms with Gasteiger partial charge in [-0.3, -0.25) is 0 Å². The Labute approximate surface area is 128 Å². The van der Waals surface area contributed by atoms with Crippen LogP contribution in [0.1, 0.15) is 71.6 Å². The first-order chi connectivity index (χ1) is 9.92. The molecule has 0 saturated heterocycles. The van der Waals surface area contributed by atoms with Crippen LogP contribution < -0.4 is 0 Å². The number of aliphatic hydroxyl groups excluding tert-OH is 1. The molecule has 21 heavy (non-hydrogen) atoms. The molecule has 2 unspecified atom stereocenters. The van der Waals surface area contributed by atoms with Gasteiger partial charge in [0.1, 0.15) is 0 Å². The van der Waals surface area contributed by atoms with Crippen LogP contribution in [-0.2, 0) is 0 Å². The van der Waals surface area contributed by atoms with Crippen LogP contribution in [0.2, 0.25) is 0 Å². The van der Waals surface area contributed by atoms with Gasteiger partial charge in [0.25, 0.3) is 0 Å². The van der Waals surface area contributed by atoms with Crippen molar-refractivity contribution in [1.82, 2.24) is 0 Å². The summed E-state index contributed by atoms with van der Waals surface area (Å²) in [4.78, 5) is 0. The maximum atomic E-state index is 10.7. The lowest BCUT2D eigenvalue weighted by Gasteiger charge is -2.45. The summed E-state index contributed by atoms with van der Waals surface area (Å²) in [6.07, 6.45) is 14.1. The number of rotatable bonds is 1. The molecule has 2 N–H and O–H groups in total.